The van der Waals surface area contributed by atoms with Gasteiger partial charge in [0.1, 0.15) is 10.1 Å². The molecule has 1 rings (SSSR count). The largest absolute Gasteiger partial charge is 0.341 e. The van der Waals surface area contributed by atoms with E-state index in [9.17, 15) is 4.39 Å². The number of hydrogen-bond donors (Lipinski definition) is 1. The second-order valence-corrected chi connectivity index (χ2v) is 5.34. The van der Waals surface area contributed by atoms with Gasteiger partial charge in [0.15, 0.2) is 0 Å². The predicted octanol–water partition coefficient (Wildman–Crippen LogP) is 3.66. The van der Waals surface area contributed by atoms with Gasteiger partial charge < -0.3 is 5.32 Å². The molecule has 0 fully saturated rings. The molecule has 4 heteroatoms. The highest BCUT2D eigenvalue weighted by molar-refractivity contribution is 8.23. The summed E-state index contributed by atoms with van der Waals surface area (Å²) in [6.45, 7) is 4.15. The first-order valence-corrected chi connectivity index (χ1v) is 5.60. The summed E-state index contributed by atoms with van der Waals surface area (Å²) < 4.78 is 13.3. The molecular formula is C10H12FNS2. The Balaban J connectivity index is 2.52. The predicted molar refractivity (Wildman–Crippen MR) is 65.3 cm³/mol. The lowest BCUT2D eigenvalue weighted by Crippen LogP contribution is -2.07. The van der Waals surface area contributed by atoms with E-state index < -0.39 is 0 Å². The maximum Gasteiger partial charge on any atom is 0.138 e. The summed E-state index contributed by atoms with van der Waals surface area (Å²) in [4.78, 5) is 0. The lowest BCUT2D eigenvalue weighted by molar-refractivity contribution is 0.628. The van der Waals surface area contributed by atoms with Gasteiger partial charge in [0.05, 0.1) is 0 Å². The van der Waals surface area contributed by atoms with Gasteiger partial charge in [0, 0.05) is 10.9 Å². The summed E-state index contributed by atoms with van der Waals surface area (Å²) >= 11 is 6.68. The average Bonchev–Trinajstić information content (AvgIpc) is 2.07. The summed E-state index contributed by atoms with van der Waals surface area (Å²) in [6.07, 6.45) is 0. The molecule has 0 unspecified atom stereocenters. The Morgan fingerprint density at radius 2 is 1.93 bits per heavy atom. The van der Waals surface area contributed by atoms with Crippen LogP contribution in [0.25, 0.3) is 0 Å². The zero-order valence-corrected chi connectivity index (χ0v) is 9.71. The van der Waals surface area contributed by atoms with E-state index >= 15 is 0 Å². The van der Waals surface area contributed by atoms with Crippen LogP contribution in [0.15, 0.2) is 24.3 Å². The highest BCUT2D eigenvalue weighted by Gasteiger charge is 2.01. The molecule has 0 aliphatic heterocycles. The van der Waals surface area contributed by atoms with Gasteiger partial charge in [-0.2, -0.15) is 0 Å². The average molecular weight is 229 g/mol. The first-order chi connectivity index (χ1) is 6.58. The van der Waals surface area contributed by atoms with Gasteiger partial charge in [-0.05, 0) is 24.3 Å². The summed E-state index contributed by atoms with van der Waals surface area (Å²) in [5, 5.41) is 3.48. The van der Waals surface area contributed by atoms with E-state index in [-0.39, 0.29) is 5.82 Å². The van der Waals surface area contributed by atoms with E-state index in [4.69, 9.17) is 12.2 Å². The number of hydrogen-bond acceptors (Lipinski definition) is 2. The molecule has 0 radical (unpaired) electrons. The van der Waals surface area contributed by atoms with Crippen LogP contribution in [-0.4, -0.2) is 9.57 Å². The van der Waals surface area contributed by atoms with Crippen molar-refractivity contribution in [1.82, 2.24) is 0 Å². The Hall–Kier alpha value is -0.610. The normalized spacial score (nSPS) is 10.3. The van der Waals surface area contributed by atoms with E-state index in [0.717, 1.165) is 5.69 Å². The van der Waals surface area contributed by atoms with Gasteiger partial charge in [0.2, 0.25) is 0 Å². The Morgan fingerprint density at radius 1 is 1.36 bits per heavy atom. The minimum absolute atomic E-state index is 0.238. The first-order valence-electron chi connectivity index (χ1n) is 4.31. The third-order valence-electron chi connectivity index (χ3n) is 1.43. The monoisotopic (exact) mass is 229 g/mol. The van der Waals surface area contributed by atoms with E-state index in [1.165, 1.54) is 12.1 Å². The molecule has 1 aromatic rings. The second kappa shape index (κ2) is 5.32. The van der Waals surface area contributed by atoms with Crippen molar-refractivity contribution >= 4 is 34.0 Å². The van der Waals surface area contributed by atoms with Crippen LogP contribution in [0.1, 0.15) is 13.8 Å². The molecule has 0 aromatic heterocycles. The van der Waals surface area contributed by atoms with Crippen LogP contribution in [-0.2, 0) is 0 Å². The fourth-order valence-electron chi connectivity index (χ4n) is 0.895. The van der Waals surface area contributed by atoms with Crippen molar-refractivity contribution in [3.05, 3.63) is 30.1 Å². The smallest absolute Gasteiger partial charge is 0.138 e. The van der Waals surface area contributed by atoms with Gasteiger partial charge in [-0.3, -0.25) is 0 Å². The van der Waals surface area contributed by atoms with Gasteiger partial charge >= 0.3 is 0 Å². The van der Waals surface area contributed by atoms with Crippen LogP contribution in [0.5, 0.6) is 0 Å². The lowest BCUT2D eigenvalue weighted by atomic mass is 10.3. The molecule has 0 amide bonds. The molecule has 1 nitrogen and oxygen atoms in total. The number of thiocarbonyl (C=S) groups is 1. The van der Waals surface area contributed by atoms with Crippen molar-refractivity contribution in [1.29, 1.82) is 0 Å². The molecule has 0 saturated heterocycles. The third-order valence-corrected chi connectivity index (χ3v) is 2.61. The molecule has 76 valence electrons. The van der Waals surface area contributed by atoms with E-state index in [2.05, 4.69) is 19.2 Å². The van der Waals surface area contributed by atoms with Crippen LogP contribution in [0.3, 0.4) is 0 Å². The van der Waals surface area contributed by atoms with E-state index in [1.54, 1.807) is 23.9 Å². The minimum atomic E-state index is -0.238. The summed E-state index contributed by atoms with van der Waals surface area (Å²) in [7, 11) is 0. The lowest BCUT2D eigenvalue weighted by Gasteiger charge is -2.08. The quantitative estimate of drug-likeness (QED) is 0.777. The highest BCUT2D eigenvalue weighted by atomic mass is 32.2. The van der Waals surface area contributed by atoms with Crippen LogP contribution < -0.4 is 5.32 Å². The Labute approximate surface area is 93.1 Å². The van der Waals surface area contributed by atoms with Gasteiger partial charge in [-0.15, -0.1) is 0 Å². The maximum absolute atomic E-state index is 12.6. The molecular weight excluding hydrogens is 217 g/mol. The fourth-order valence-corrected chi connectivity index (χ4v) is 2.19. The van der Waals surface area contributed by atoms with Crippen molar-refractivity contribution < 1.29 is 4.39 Å². The topological polar surface area (TPSA) is 12.0 Å². The van der Waals surface area contributed by atoms with Crippen molar-refractivity contribution in [2.24, 2.45) is 0 Å². The Bertz CT molecular complexity index is 308. The number of benzene rings is 1. The molecule has 0 bridgehead atoms. The molecule has 0 spiro atoms. The molecule has 0 atom stereocenters. The zero-order valence-electron chi connectivity index (χ0n) is 8.08. The van der Waals surface area contributed by atoms with Crippen molar-refractivity contribution in [3.8, 4) is 0 Å². The maximum atomic E-state index is 12.6. The summed E-state index contributed by atoms with van der Waals surface area (Å²) in [5.74, 6) is -0.238. The molecule has 0 aliphatic rings. The molecule has 14 heavy (non-hydrogen) atoms. The second-order valence-electron chi connectivity index (χ2n) is 3.09. The number of thioether (sulfide) groups is 1. The summed E-state index contributed by atoms with van der Waals surface area (Å²) in [6, 6.07) is 6.15. The zero-order chi connectivity index (χ0) is 10.6. The number of halogens is 1. The number of nitrogens with one attached hydrogen (secondary N) is 1. The highest BCUT2D eigenvalue weighted by Crippen LogP contribution is 2.15. The van der Waals surface area contributed by atoms with E-state index in [1.807, 2.05) is 0 Å². The fraction of sp³-hybridized carbons (Fsp3) is 0.300. The molecule has 0 heterocycles. The molecule has 1 N–H and O–H groups in total. The van der Waals surface area contributed by atoms with Crippen LogP contribution >= 0.6 is 24.0 Å². The number of rotatable bonds is 2. The van der Waals surface area contributed by atoms with Crippen molar-refractivity contribution in [2.45, 2.75) is 19.1 Å². The van der Waals surface area contributed by atoms with Crippen molar-refractivity contribution in [3.63, 3.8) is 0 Å². The first kappa shape index (κ1) is 11.5. The molecule has 0 saturated carbocycles. The molecule has 0 aliphatic carbocycles. The van der Waals surface area contributed by atoms with Crippen LogP contribution in [0.2, 0.25) is 0 Å². The van der Waals surface area contributed by atoms with E-state index in [0.29, 0.717) is 9.57 Å². The van der Waals surface area contributed by atoms with Crippen LogP contribution in [0, 0.1) is 5.82 Å². The summed E-state index contributed by atoms with van der Waals surface area (Å²) in [5.41, 5.74) is 0.824. The standard InChI is InChI=1S/C10H12FNS2/c1-7(2)14-10(13)12-9-5-3-8(11)4-6-9/h3-7H,1-2H3,(H,12,13). The van der Waals surface area contributed by atoms with Gasteiger partial charge in [0.25, 0.3) is 0 Å². The third kappa shape index (κ3) is 4.07. The number of anilines is 1. The Kier molecular flexibility index (Phi) is 4.35. The molecule has 1 aromatic carbocycles. The Morgan fingerprint density at radius 3 is 2.43 bits per heavy atom. The SMILES string of the molecule is CC(C)SC(=S)Nc1ccc(F)cc1. The van der Waals surface area contributed by atoms with Gasteiger partial charge in [-0.1, -0.05) is 37.8 Å². The van der Waals surface area contributed by atoms with Crippen molar-refractivity contribution in [2.75, 3.05) is 5.32 Å². The minimum Gasteiger partial charge on any atom is -0.341 e. The van der Waals surface area contributed by atoms with Crippen LogP contribution in [0.4, 0.5) is 10.1 Å². The van der Waals surface area contributed by atoms with Gasteiger partial charge in [-0.25, -0.2) is 4.39 Å².